The fourth-order valence-electron chi connectivity index (χ4n) is 1.50. The molecular formula is C12H24N2OS. The molecule has 0 aromatic heterocycles. The lowest BCUT2D eigenvalue weighted by Crippen LogP contribution is -2.39. The summed E-state index contributed by atoms with van der Waals surface area (Å²) in [6.45, 7) is 7.11. The van der Waals surface area contributed by atoms with Crippen molar-refractivity contribution in [2.75, 3.05) is 13.6 Å². The minimum Gasteiger partial charge on any atom is -0.393 e. The van der Waals surface area contributed by atoms with Crippen LogP contribution in [0.15, 0.2) is 0 Å². The first-order valence-electron chi connectivity index (χ1n) is 5.94. The van der Waals surface area contributed by atoms with Crippen LogP contribution in [0.5, 0.6) is 0 Å². The second kappa shape index (κ2) is 7.60. The van der Waals surface area contributed by atoms with Gasteiger partial charge in [0.15, 0.2) is 0 Å². The number of nitrogens with two attached hydrogens (primary N) is 1. The number of rotatable bonds is 7. The Morgan fingerprint density at radius 2 is 1.94 bits per heavy atom. The summed E-state index contributed by atoms with van der Waals surface area (Å²) in [6, 6.07) is 0. The van der Waals surface area contributed by atoms with Gasteiger partial charge < -0.3 is 10.6 Å². The van der Waals surface area contributed by atoms with Crippen molar-refractivity contribution >= 4 is 23.1 Å². The Kier molecular flexibility index (Phi) is 7.30. The molecule has 0 heterocycles. The van der Waals surface area contributed by atoms with E-state index in [0.717, 1.165) is 25.8 Å². The van der Waals surface area contributed by atoms with Crippen LogP contribution < -0.4 is 5.73 Å². The Morgan fingerprint density at radius 1 is 1.38 bits per heavy atom. The molecular weight excluding hydrogens is 220 g/mol. The third-order valence-electron chi connectivity index (χ3n) is 2.64. The minimum absolute atomic E-state index is 0.0648. The fourth-order valence-corrected chi connectivity index (χ4v) is 1.72. The van der Waals surface area contributed by atoms with Gasteiger partial charge in [-0.15, -0.1) is 0 Å². The lowest BCUT2D eigenvalue weighted by molar-refractivity contribution is -0.132. The molecule has 0 aromatic carbocycles. The highest BCUT2D eigenvalue weighted by Crippen LogP contribution is 2.11. The summed E-state index contributed by atoms with van der Waals surface area (Å²) in [4.78, 5) is 14.1. The van der Waals surface area contributed by atoms with Crippen LogP contribution in [0.2, 0.25) is 0 Å². The molecule has 0 saturated heterocycles. The summed E-state index contributed by atoms with van der Waals surface area (Å²) in [5.74, 6) is 0.386. The first kappa shape index (κ1) is 15.4. The maximum atomic E-state index is 12.0. The zero-order chi connectivity index (χ0) is 12.7. The first-order valence-corrected chi connectivity index (χ1v) is 6.35. The first-order chi connectivity index (χ1) is 7.40. The summed E-state index contributed by atoms with van der Waals surface area (Å²) < 4.78 is 0. The summed E-state index contributed by atoms with van der Waals surface area (Å²) in [7, 11) is 1.83. The Balaban J connectivity index is 4.31. The number of carbonyl (C=O) groups is 1. The van der Waals surface area contributed by atoms with Crippen molar-refractivity contribution in [1.29, 1.82) is 0 Å². The van der Waals surface area contributed by atoms with Gasteiger partial charge in [-0.05, 0) is 18.8 Å². The van der Waals surface area contributed by atoms with Gasteiger partial charge in [-0.25, -0.2) is 0 Å². The standard InChI is InChI=1S/C12H24N2OS/c1-5-6-10(11(13)16)12(15)14(4)8-7-9(2)3/h9-10H,5-8H2,1-4H3,(H2,13,16). The van der Waals surface area contributed by atoms with Gasteiger partial charge in [-0.3, -0.25) is 4.79 Å². The molecule has 4 heteroatoms. The fraction of sp³-hybridized carbons (Fsp3) is 0.833. The average Bonchev–Trinajstić information content (AvgIpc) is 2.20. The number of amides is 1. The molecule has 0 bridgehead atoms. The van der Waals surface area contributed by atoms with Gasteiger partial charge in [0.1, 0.15) is 0 Å². The predicted octanol–water partition coefficient (Wildman–Crippen LogP) is 2.19. The number of nitrogens with zero attached hydrogens (tertiary/aromatic N) is 1. The van der Waals surface area contributed by atoms with Gasteiger partial charge in [0.25, 0.3) is 0 Å². The quantitative estimate of drug-likeness (QED) is 0.698. The Hall–Kier alpha value is -0.640. The molecule has 3 nitrogen and oxygen atoms in total. The molecule has 0 saturated carbocycles. The molecule has 0 aromatic rings. The maximum Gasteiger partial charge on any atom is 0.232 e. The summed E-state index contributed by atoms with van der Waals surface area (Å²) in [6.07, 6.45) is 2.68. The van der Waals surface area contributed by atoms with Gasteiger partial charge >= 0.3 is 0 Å². The van der Waals surface area contributed by atoms with E-state index in [2.05, 4.69) is 13.8 Å². The van der Waals surface area contributed by atoms with Gasteiger partial charge in [0, 0.05) is 13.6 Å². The SMILES string of the molecule is CCCC(C(=O)N(C)CCC(C)C)C(N)=S. The lowest BCUT2D eigenvalue weighted by atomic mass is 10.0. The molecule has 94 valence electrons. The average molecular weight is 244 g/mol. The van der Waals surface area contributed by atoms with Crippen LogP contribution in [0.1, 0.15) is 40.0 Å². The molecule has 0 aliphatic rings. The Bertz CT molecular complexity index is 241. The van der Waals surface area contributed by atoms with Gasteiger partial charge in [-0.1, -0.05) is 39.4 Å². The minimum atomic E-state index is -0.280. The number of hydrogen-bond donors (Lipinski definition) is 1. The zero-order valence-electron chi connectivity index (χ0n) is 10.8. The van der Waals surface area contributed by atoms with Crippen LogP contribution in [-0.2, 0) is 4.79 Å². The van der Waals surface area contributed by atoms with E-state index in [-0.39, 0.29) is 11.8 Å². The molecule has 2 N–H and O–H groups in total. The van der Waals surface area contributed by atoms with E-state index in [1.54, 1.807) is 4.90 Å². The molecule has 0 fully saturated rings. The molecule has 1 atom stereocenters. The highest BCUT2D eigenvalue weighted by atomic mass is 32.1. The molecule has 16 heavy (non-hydrogen) atoms. The van der Waals surface area contributed by atoms with Crippen LogP contribution in [-0.4, -0.2) is 29.4 Å². The van der Waals surface area contributed by atoms with Crippen LogP contribution >= 0.6 is 12.2 Å². The van der Waals surface area contributed by atoms with Gasteiger partial charge in [0.05, 0.1) is 10.9 Å². The molecule has 0 aliphatic heterocycles. The molecule has 0 spiro atoms. The number of thiocarbonyl (C=S) groups is 1. The van der Waals surface area contributed by atoms with E-state index >= 15 is 0 Å². The molecule has 1 amide bonds. The summed E-state index contributed by atoms with van der Waals surface area (Å²) in [5.41, 5.74) is 5.60. The van der Waals surface area contributed by atoms with E-state index < -0.39 is 0 Å². The van der Waals surface area contributed by atoms with Crippen molar-refractivity contribution in [3.63, 3.8) is 0 Å². The number of carbonyl (C=O) groups excluding carboxylic acids is 1. The van der Waals surface area contributed by atoms with Crippen LogP contribution in [0, 0.1) is 11.8 Å². The molecule has 0 radical (unpaired) electrons. The largest absolute Gasteiger partial charge is 0.393 e. The van der Waals surface area contributed by atoms with Crippen molar-refractivity contribution in [3.8, 4) is 0 Å². The lowest BCUT2D eigenvalue weighted by Gasteiger charge is -2.23. The zero-order valence-corrected chi connectivity index (χ0v) is 11.6. The second-order valence-corrected chi connectivity index (χ2v) is 5.16. The van der Waals surface area contributed by atoms with E-state index in [9.17, 15) is 4.79 Å². The van der Waals surface area contributed by atoms with E-state index in [4.69, 9.17) is 18.0 Å². The maximum absolute atomic E-state index is 12.0. The predicted molar refractivity (Wildman–Crippen MR) is 72.3 cm³/mol. The van der Waals surface area contributed by atoms with E-state index in [1.807, 2.05) is 14.0 Å². The van der Waals surface area contributed by atoms with Crippen molar-refractivity contribution < 1.29 is 4.79 Å². The van der Waals surface area contributed by atoms with Crippen molar-refractivity contribution in [2.45, 2.75) is 40.0 Å². The number of hydrogen-bond acceptors (Lipinski definition) is 2. The van der Waals surface area contributed by atoms with Gasteiger partial charge in [0.2, 0.25) is 5.91 Å². The molecule has 0 aliphatic carbocycles. The van der Waals surface area contributed by atoms with Crippen LogP contribution in [0.25, 0.3) is 0 Å². The topological polar surface area (TPSA) is 46.3 Å². The van der Waals surface area contributed by atoms with Crippen molar-refractivity contribution in [3.05, 3.63) is 0 Å². The smallest absolute Gasteiger partial charge is 0.232 e. The normalized spacial score (nSPS) is 12.6. The molecule has 1 unspecified atom stereocenters. The van der Waals surface area contributed by atoms with E-state index in [1.165, 1.54) is 0 Å². The monoisotopic (exact) mass is 244 g/mol. The Labute approximate surface area is 104 Å². The van der Waals surface area contributed by atoms with Gasteiger partial charge in [-0.2, -0.15) is 0 Å². The highest BCUT2D eigenvalue weighted by molar-refractivity contribution is 7.80. The van der Waals surface area contributed by atoms with Crippen molar-refractivity contribution in [1.82, 2.24) is 4.90 Å². The van der Waals surface area contributed by atoms with Crippen LogP contribution in [0.3, 0.4) is 0 Å². The summed E-state index contributed by atoms with van der Waals surface area (Å²) in [5, 5.41) is 0. The Morgan fingerprint density at radius 3 is 2.31 bits per heavy atom. The van der Waals surface area contributed by atoms with E-state index in [0.29, 0.717) is 10.9 Å². The molecule has 0 rings (SSSR count). The highest BCUT2D eigenvalue weighted by Gasteiger charge is 2.23. The third-order valence-corrected chi connectivity index (χ3v) is 2.92. The second-order valence-electron chi connectivity index (χ2n) is 4.69. The van der Waals surface area contributed by atoms with Crippen LogP contribution in [0.4, 0.5) is 0 Å². The van der Waals surface area contributed by atoms with Crippen molar-refractivity contribution in [2.24, 2.45) is 17.6 Å². The third kappa shape index (κ3) is 5.45. The summed E-state index contributed by atoms with van der Waals surface area (Å²) >= 11 is 4.94.